The molecule has 194 valence electrons. The number of allylic oxidation sites excluding steroid dienone is 1. The predicted molar refractivity (Wildman–Crippen MR) is 156 cm³/mol. The number of ketones is 1. The monoisotopic (exact) mass is 532 g/mol. The summed E-state index contributed by atoms with van der Waals surface area (Å²) < 4.78 is 0. The van der Waals surface area contributed by atoms with Crippen molar-refractivity contribution in [2.45, 2.75) is 64.7 Å². The van der Waals surface area contributed by atoms with Crippen molar-refractivity contribution < 1.29 is 21.9 Å². The number of unbranched alkanes of at least 4 members (excludes halogenated alkanes) is 7. The third-order valence-corrected chi connectivity index (χ3v) is 6.46. The number of benzene rings is 2. The van der Waals surface area contributed by atoms with Gasteiger partial charge in [-0.15, -0.1) is 23.3 Å². The van der Waals surface area contributed by atoms with E-state index in [0.717, 1.165) is 17.5 Å². The standard InChI is InChI=1S/C30H35O.C5H5.Fe/c1-2-3-4-5-6-7-8-10-18-27-21-15-22-28(30(27)26-19-13-14-20-26)23-24-29(31)25-16-11-9-12-17-25;1-2-4-5-3-1;/h9,11-17,19-24H,2-8,10,18H2,1H3;1-5H;/q2*-1;+2. The number of rotatable bonds is 13. The van der Waals surface area contributed by atoms with E-state index in [2.05, 4.69) is 49.4 Å². The first-order valence-electron chi connectivity index (χ1n) is 13.6. The molecule has 0 fully saturated rings. The molecular weight excluding hydrogens is 492 g/mol. The van der Waals surface area contributed by atoms with E-state index in [1.54, 1.807) is 6.08 Å². The second kappa shape index (κ2) is 18.3. The summed E-state index contributed by atoms with van der Waals surface area (Å²) in [7, 11) is 0. The van der Waals surface area contributed by atoms with E-state index in [-0.39, 0.29) is 22.9 Å². The van der Waals surface area contributed by atoms with E-state index >= 15 is 0 Å². The summed E-state index contributed by atoms with van der Waals surface area (Å²) in [6.45, 7) is 2.27. The van der Waals surface area contributed by atoms with E-state index in [1.807, 2.05) is 66.7 Å². The average molecular weight is 533 g/mol. The third-order valence-electron chi connectivity index (χ3n) is 6.46. The van der Waals surface area contributed by atoms with Gasteiger partial charge < -0.3 is 0 Å². The van der Waals surface area contributed by atoms with E-state index in [9.17, 15) is 4.79 Å². The van der Waals surface area contributed by atoms with Gasteiger partial charge in [0.2, 0.25) is 0 Å². The molecule has 2 heteroatoms. The minimum absolute atomic E-state index is 0. The Morgan fingerprint density at radius 3 is 2.03 bits per heavy atom. The zero-order valence-electron chi connectivity index (χ0n) is 22.1. The molecule has 0 bridgehead atoms. The molecule has 0 atom stereocenters. The van der Waals surface area contributed by atoms with Gasteiger partial charge in [-0.1, -0.05) is 130 Å². The molecule has 4 rings (SSSR count). The fraction of sp³-hybridized carbons (Fsp3) is 0.286. The van der Waals surface area contributed by atoms with Crippen LogP contribution in [0.3, 0.4) is 0 Å². The SMILES string of the molecule is CCCCCCCCCCc1cccc(C=CC(=O)c2ccccc2)c1-[c-]1cccc1.[Fe+2].c1cc[cH-]c1. The number of carbonyl (C=O) groups is 1. The predicted octanol–water partition coefficient (Wildman–Crippen LogP) is 10.1. The van der Waals surface area contributed by atoms with Gasteiger partial charge >= 0.3 is 17.1 Å². The van der Waals surface area contributed by atoms with Crippen LogP contribution in [0.25, 0.3) is 17.2 Å². The van der Waals surface area contributed by atoms with Crippen LogP contribution in [0.1, 0.15) is 79.8 Å². The molecule has 37 heavy (non-hydrogen) atoms. The summed E-state index contributed by atoms with van der Waals surface area (Å²) in [5.74, 6) is 0.0440. The van der Waals surface area contributed by atoms with Crippen molar-refractivity contribution in [1.29, 1.82) is 0 Å². The second-order valence-electron chi connectivity index (χ2n) is 9.31. The first kappa shape index (κ1) is 30.3. The van der Waals surface area contributed by atoms with Crippen LogP contribution in [0.4, 0.5) is 0 Å². The van der Waals surface area contributed by atoms with Crippen molar-refractivity contribution >= 4 is 11.9 Å². The summed E-state index contributed by atoms with van der Waals surface area (Å²) >= 11 is 0. The molecule has 0 spiro atoms. The summed E-state index contributed by atoms with van der Waals surface area (Å²) in [6, 6.07) is 34.5. The van der Waals surface area contributed by atoms with Crippen LogP contribution >= 0.6 is 0 Å². The van der Waals surface area contributed by atoms with E-state index < -0.39 is 0 Å². The molecule has 0 aromatic heterocycles. The van der Waals surface area contributed by atoms with Gasteiger partial charge in [-0.2, -0.15) is 30.3 Å². The quantitative estimate of drug-likeness (QED) is 0.0550. The third kappa shape index (κ3) is 10.9. The number of aryl methyl sites for hydroxylation is 1. The largest absolute Gasteiger partial charge is 2.00 e. The Morgan fingerprint density at radius 1 is 0.757 bits per heavy atom. The molecule has 0 aliphatic heterocycles. The molecule has 0 radical (unpaired) electrons. The Kier molecular flexibility index (Phi) is 15.0. The van der Waals surface area contributed by atoms with E-state index in [1.165, 1.54) is 68.1 Å². The molecule has 0 unspecified atom stereocenters. The topological polar surface area (TPSA) is 17.1 Å². The molecule has 4 aromatic rings. The Labute approximate surface area is 234 Å². The Hall–Kier alpha value is -2.93. The molecular formula is C35H40FeO. The van der Waals surface area contributed by atoms with Gasteiger partial charge in [0.15, 0.2) is 5.78 Å². The maximum absolute atomic E-state index is 12.6. The maximum Gasteiger partial charge on any atom is 2.00 e. The first-order chi connectivity index (χ1) is 17.8. The second-order valence-corrected chi connectivity index (χ2v) is 9.31. The van der Waals surface area contributed by atoms with Crippen LogP contribution in [0.2, 0.25) is 0 Å². The Morgan fingerprint density at radius 2 is 1.41 bits per heavy atom. The fourth-order valence-electron chi connectivity index (χ4n) is 4.49. The van der Waals surface area contributed by atoms with Crippen LogP contribution in [0.5, 0.6) is 0 Å². The molecule has 0 N–H and O–H groups in total. The van der Waals surface area contributed by atoms with Crippen LogP contribution in [-0.4, -0.2) is 5.78 Å². The molecule has 0 amide bonds. The van der Waals surface area contributed by atoms with Gasteiger partial charge in [0, 0.05) is 5.56 Å². The molecule has 0 saturated heterocycles. The van der Waals surface area contributed by atoms with Crippen molar-refractivity contribution in [3.05, 3.63) is 126 Å². The number of hydrogen-bond acceptors (Lipinski definition) is 1. The van der Waals surface area contributed by atoms with Crippen molar-refractivity contribution in [3.63, 3.8) is 0 Å². The normalized spacial score (nSPS) is 10.5. The van der Waals surface area contributed by atoms with E-state index in [0.29, 0.717) is 0 Å². The maximum atomic E-state index is 12.6. The van der Waals surface area contributed by atoms with Gasteiger partial charge in [-0.05, 0) is 6.08 Å². The van der Waals surface area contributed by atoms with Crippen LogP contribution < -0.4 is 0 Å². The molecule has 0 saturated carbocycles. The van der Waals surface area contributed by atoms with Gasteiger partial charge in [0.25, 0.3) is 0 Å². The summed E-state index contributed by atoms with van der Waals surface area (Å²) in [6.07, 6.45) is 15.4. The minimum atomic E-state index is 0. The van der Waals surface area contributed by atoms with Gasteiger partial charge in [0.05, 0.1) is 0 Å². The van der Waals surface area contributed by atoms with E-state index in [4.69, 9.17) is 0 Å². The zero-order valence-corrected chi connectivity index (χ0v) is 23.2. The van der Waals surface area contributed by atoms with Crippen LogP contribution in [0.15, 0.2) is 109 Å². The van der Waals surface area contributed by atoms with Gasteiger partial charge in [0.1, 0.15) is 0 Å². The Bertz CT molecular complexity index is 1100. The fourth-order valence-corrected chi connectivity index (χ4v) is 4.49. The minimum Gasteiger partial charge on any atom is -0.289 e. The zero-order chi connectivity index (χ0) is 25.3. The van der Waals surface area contributed by atoms with Crippen molar-refractivity contribution in [1.82, 2.24) is 0 Å². The van der Waals surface area contributed by atoms with Gasteiger partial charge in [-0.3, -0.25) is 4.79 Å². The summed E-state index contributed by atoms with van der Waals surface area (Å²) in [5.41, 5.74) is 5.73. The van der Waals surface area contributed by atoms with Crippen molar-refractivity contribution in [2.24, 2.45) is 0 Å². The van der Waals surface area contributed by atoms with Gasteiger partial charge in [-0.25, -0.2) is 12.1 Å². The first-order valence-corrected chi connectivity index (χ1v) is 13.6. The molecule has 4 aromatic carbocycles. The smallest absolute Gasteiger partial charge is 0.289 e. The molecule has 0 aliphatic carbocycles. The van der Waals surface area contributed by atoms with Crippen molar-refractivity contribution in [2.75, 3.05) is 0 Å². The average Bonchev–Trinajstić information content (AvgIpc) is 3.67. The van der Waals surface area contributed by atoms with Crippen LogP contribution in [0, 0.1) is 0 Å². The van der Waals surface area contributed by atoms with Crippen LogP contribution in [-0.2, 0) is 23.5 Å². The number of carbonyl (C=O) groups excluding carboxylic acids is 1. The number of hydrogen-bond donors (Lipinski definition) is 0. The van der Waals surface area contributed by atoms with Crippen molar-refractivity contribution in [3.8, 4) is 11.1 Å². The molecule has 1 nitrogen and oxygen atoms in total. The molecule has 0 aliphatic rings. The summed E-state index contributed by atoms with van der Waals surface area (Å²) in [4.78, 5) is 12.6. The summed E-state index contributed by atoms with van der Waals surface area (Å²) in [5, 5.41) is 0. The molecule has 0 heterocycles. The Balaban J connectivity index is 0.000000716.